The molecule has 1 fully saturated rings. The van der Waals surface area contributed by atoms with Gasteiger partial charge in [0.15, 0.2) is 0 Å². The molecule has 0 radical (unpaired) electrons. The SMILES string of the molecule is O=C(N1CCN(c2ccc(B(O)O)cc2)CC1)C(F)(F)F. The zero-order chi connectivity index (χ0) is 15.6. The Morgan fingerprint density at radius 1 is 1.05 bits per heavy atom. The molecule has 114 valence electrons. The number of nitrogens with zero attached hydrogens (tertiary/aromatic N) is 2. The molecule has 9 heteroatoms. The molecule has 2 rings (SSSR count). The summed E-state index contributed by atoms with van der Waals surface area (Å²) in [5.74, 6) is -1.80. The summed E-state index contributed by atoms with van der Waals surface area (Å²) in [4.78, 5) is 13.7. The minimum atomic E-state index is -4.83. The summed E-state index contributed by atoms with van der Waals surface area (Å²) in [6.45, 7) is 0.594. The van der Waals surface area contributed by atoms with Gasteiger partial charge in [0.05, 0.1) is 0 Å². The summed E-state index contributed by atoms with van der Waals surface area (Å²) < 4.78 is 37.0. The van der Waals surface area contributed by atoms with Gasteiger partial charge < -0.3 is 19.8 Å². The number of alkyl halides is 3. The third-order valence-electron chi connectivity index (χ3n) is 3.37. The number of amides is 1. The van der Waals surface area contributed by atoms with Crippen molar-refractivity contribution in [1.29, 1.82) is 0 Å². The highest BCUT2D eigenvalue weighted by Gasteiger charge is 2.43. The maximum Gasteiger partial charge on any atom is 0.488 e. The molecule has 1 amide bonds. The van der Waals surface area contributed by atoms with Crippen LogP contribution in [0.4, 0.5) is 18.9 Å². The van der Waals surface area contributed by atoms with Crippen molar-refractivity contribution in [2.24, 2.45) is 0 Å². The summed E-state index contributed by atoms with van der Waals surface area (Å²) in [6.07, 6.45) is -4.83. The summed E-state index contributed by atoms with van der Waals surface area (Å²) in [5, 5.41) is 18.0. The Bertz CT molecular complexity index is 499. The molecule has 0 aromatic heterocycles. The van der Waals surface area contributed by atoms with Gasteiger partial charge in [-0.2, -0.15) is 13.2 Å². The maximum absolute atomic E-state index is 12.3. The third kappa shape index (κ3) is 3.67. The first-order valence-corrected chi connectivity index (χ1v) is 6.36. The third-order valence-corrected chi connectivity index (χ3v) is 3.37. The van der Waals surface area contributed by atoms with Crippen LogP contribution in [0.5, 0.6) is 0 Å². The van der Waals surface area contributed by atoms with Crippen LogP contribution in [0, 0.1) is 0 Å². The predicted molar refractivity (Wildman–Crippen MR) is 71.1 cm³/mol. The molecule has 0 bridgehead atoms. The number of anilines is 1. The second-order valence-corrected chi connectivity index (χ2v) is 4.74. The van der Waals surface area contributed by atoms with Gasteiger partial charge in [-0.1, -0.05) is 12.1 Å². The average molecular weight is 302 g/mol. The fourth-order valence-corrected chi connectivity index (χ4v) is 2.20. The van der Waals surface area contributed by atoms with Gasteiger partial charge in [0.25, 0.3) is 0 Å². The van der Waals surface area contributed by atoms with Crippen molar-refractivity contribution in [2.75, 3.05) is 31.1 Å². The van der Waals surface area contributed by atoms with Crippen molar-refractivity contribution in [1.82, 2.24) is 4.90 Å². The highest BCUT2D eigenvalue weighted by molar-refractivity contribution is 6.58. The van der Waals surface area contributed by atoms with Gasteiger partial charge in [-0.3, -0.25) is 4.79 Å². The molecule has 2 N–H and O–H groups in total. The van der Waals surface area contributed by atoms with E-state index in [9.17, 15) is 18.0 Å². The van der Waals surface area contributed by atoms with E-state index in [1.165, 1.54) is 12.1 Å². The molecule has 0 atom stereocenters. The predicted octanol–water partition coefficient (Wildman–Crippen LogP) is -0.423. The van der Waals surface area contributed by atoms with Crippen molar-refractivity contribution < 1.29 is 28.0 Å². The molecule has 5 nitrogen and oxygen atoms in total. The number of hydrogen-bond acceptors (Lipinski definition) is 4. The van der Waals surface area contributed by atoms with E-state index in [4.69, 9.17) is 10.0 Å². The quantitative estimate of drug-likeness (QED) is 0.728. The van der Waals surface area contributed by atoms with Gasteiger partial charge in [-0.15, -0.1) is 0 Å². The molecule has 0 aliphatic carbocycles. The van der Waals surface area contributed by atoms with Gasteiger partial charge >= 0.3 is 19.2 Å². The second-order valence-electron chi connectivity index (χ2n) is 4.74. The van der Waals surface area contributed by atoms with Gasteiger partial charge in [0.1, 0.15) is 0 Å². The lowest BCUT2D eigenvalue weighted by Gasteiger charge is -2.36. The smallest absolute Gasteiger partial charge is 0.423 e. The van der Waals surface area contributed by atoms with E-state index >= 15 is 0 Å². The number of hydrogen-bond donors (Lipinski definition) is 2. The van der Waals surface area contributed by atoms with Gasteiger partial charge in [-0.05, 0) is 17.6 Å². The molecule has 1 heterocycles. The van der Waals surface area contributed by atoms with Gasteiger partial charge in [0, 0.05) is 31.9 Å². The molecule has 0 spiro atoms. The molecule has 0 unspecified atom stereocenters. The van der Waals surface area contributed by atoms with Crippen LogP contribution in [0.3, 0.4) is 0 Å². The largest absolute Gasteiger partial charge is 0.488 e. The second kappa shape index (κ2) is 5.94. The number of benzene rings is 1. The number of carbonyl (C=O) groups is 1. The first-order valence-electron chi connectivity index (χ1n) is 6.36. The lowest BCUT2D eigenvalue weighted by atomic mass is 9.80. The molecule has 1 aliphatic heterocycles. The van der Waals surface area contributed by atoms with Crippen molar-refractivity contribution in [3.05, 3.63) is 24.3 Å². The molecule has 1 saturated heterocycles. The van der Waals surface area contributed by atoms with Crippen molar-refractivity contribution in [3.8, 4) is 0 Å². The minimum Gasteiger partial charge on any atom is -0.423 e. The molecule has 1 aromatic rings. The lowest BCUT2D eigenvalue weighted by molar-refractivity contribution is -0.185. The fraction of sp³-hybridized carbons (Fsp3) is 0.417. The number of piperazine rings is 1. The van der Waals surface area contributed by atoms with E-state index in [1.807, 2.05) is 4.90 Å². The number of carbonyl (C=O) groups excluding carboxylic acids is 1. The maximum atomic E-state index is 12.3. The topological polar surface area (TPSA) is 64.0 Å². The van der Waals surface area contributed by atoms with Crippen molar-refractivity contribution >= 4 is 24.2 Å². The minimum absolute atomic E-state index is 0.00270. The van der Waals surface area contributed by atoms with E-state index in [-0.39, 0.29) is 13.1 Å². The number of rotatable bonds is 2. The Labute approximate surface area is 119 Å². The van der Waals surface area contributed by atoms with E-state index < -0.39 is 19.2 Å². The van der Waals surface area contributed by atoms with E-state index in [0.717, 1.165) is 10.6 Å². The molecule has 21 heavy (non-hydrogen) atoms. The summed E-state index contributed by atoms with van der Waals surface area (Å²) in [6, 6.07) is 6.40. The molecular formula is C12H14BF3N2O3. The molecule has 1 aromatic carbocycles. The highest BCUT2D eigenvalue weighted by Crippen LogP contribution is 2.21. The van der Waals surface area contributed by atoms with Crippen LogP contribution in [0.1, 0.15) is 0 Å². The van der Waals surface area contributed by atoms with Crippen LogP contribution >= 0.6 is 0 Å². The number of halogens is 3. The van der Waals surface area contributed by atoms with Gasteiger partial charge in [0.2, 0.25) is 0 Å². The first kappa shape index (κ1) is 15.6. The summed E-state index contributed by atoms with van der Waals surface area (Å²) in [7, 11) is -1.56. The Hall–Kier alpha value is -1.74. The van der Waals surface area contributed by atoms with Gasteiger partial charge in [-0.25, -0.2) is 0 Å². The normalized spacial score (nSPS) is 16.0. The Morgan fingerprint density at radius 3 is 2.00 bits per heavy atom. The van der Waals surface area contributed by atoms with E-state index in [1.54, 1.807) is 12.1 Å². The Balaban J connectivity index is 1.96. The zero-order valence-electron chi connectivity index (χ0n) is 11.0. The first-order chi connectivity index (χ1) is 9.79. The molecule has 1 aliphatic rings. The summed E-state index contributed by atoms with van der Waals surface area (Å²) in [5.41, 5.74) is 1.10. The highest BCUT2D eigenvalue weighted by atomic mass is 19.4. The van der Waals surface area contributed by atoms with Crippen LogP contribution in [0.25, 0.3) is 0 Å². The summed E-state index contributed by atoms with van der Waals surface area (Å²) >= 11 is 0. The average Bonchev–Trinajstić information content (AvgIpc) is 2.46. The van der Waals surface area contributed by atoms with Crippen LogP contribution in [0.2, 0.25) is 0 Å². The Morgan fingerprint density at radius 2 is 1.57 bits per heavy atom. The van der Waals surface area contributed by atoms with Crippen LogP contribution in [-0.2, 0) is 4.79 Å². The lowest BCUT2D eigenvalue weighted by Crippen LogP contribution is -2.52. The molecule has 0 saturated carbocycles. The van der Waals surface area contributed by atoms with Crippen LogP contribution in [-0.4, -0.2) is 60.3 Å². The van der Waals surface area contributed by atoms with E-state index in [2.05, 4.69) is 0 Å². The standard InChI is InChI=1S/C12H14BF3N2O3/c14-12(15,16)11(19)18-7-5-17(6-8-18)10-3-1-9(2-4-10)13(20)21/h1-4,20-21H,5-8H2. The van der Waals surface area contributed by atoms with Crippen molar-refractivity contribution in [3.63, 3.8) is 0 Å². The monoisotopic (exact) mass is 302 g/mol. The van der Waals surface area contributed by atoms with Crippen LogP contribution in [0.15, 0.2) is 24.3 Å². The van der Waals surface area contributed by atoms with E-state index in [0.29, 0.717) is 18.6 Å². The molecular weight excluding hydrogens is 288 g/mol. The zero-order valence-corrected chi connectivity index (χ0v) is 11.0. The van der Waals surface area contributed by atoms with Crippen LogP contribution < -0.4 is 10.4 Å². The fourth-order valence-electron chi connectivity index (χ4n) is 2.20. The Kier molecular flexibility index (Phi) is 4.43. The van der Waals surface area contributed by atoms with Crippen molar-refractivity contribution in [2.45, 2.75) is 6.18 Å².